The summed E-state index contributed by atoms with van der Waals surface area (Å²) in [5, 5.41) is 9.29. The second kappa shape index (κ2) is 6.38. The van der Waals surface area contributed by atoms with Crippen molar-refractivity contribution >= 4 is 0 Å². The lowest BCUT2D eigenvalue weighted by molar-refractivity contribution is 0.157. The molecule has 0 amide bonds. The summed E-state index contributed by atoms with van der Waals surface area (Å²) in [5.74, 6) is 0. The van der Waals surface area contributed by atoms with Crippen LogP contribution in [0.15, 0.2) is 12.7 Å². The van der Waals surface area contributed by atoms with E-state index in [0.717, 1.165) is 12.8 Å². The van der Waals surface area contributed by atoms with Crippen LogP contribution in [0.1, 0.15) is 32.6 Å². The summed E-state index contributed by atoms with van der Waals surface area (Å²) < 4.78 is 0. The smallest absolute Gasteiger partial charge is 0.0589 e. The fraction of sp³-hybridized carbons (Fsp3) is 0.778. The minimum atomic E-state index is -0.297. The molecule has 0 aromatic carbocycles. The van der Waals surface area contributed by atoms with Gasteiger partial charge in [-0.05, 0) is 19.3 Å². The molecule has 66 valence electrons. The minimum Gasteiger partial charge on any atom is -0.393 e. The number of hydrogen-bond donors (Lipinski definition) is 2. The SMILES string of the molecule is C=CC[C@H](O)C[C@@H](N)CCC. The molecule has 0 saturated heterocycles. The van der Waals surface area contributed by atoms with Gasteiger partial charge in [0.05, 0.1) is 6.10 Å². The van der Waals surface area contributed by atoms with E-state index in [1.54, 1.807) is 6.08 Å². The molecule has 0 aliphatic rings. The molecule has 2 heteroatoms. The maximum Gasteiger partial charge on any atom is 0.0589 e. The minimum absolute atomic E-state index is 0.148. The van der Waals surface area contributed by atoms with Crippen LogP contribution in [0.2, 0.25) is 0 Å². The molecule has 0 bridgehead atoms. The van der Waals surface area contributed by atoms with E-state index in [9.17, 15) is 5.11 Å². The lowest BCUT2D eigenvalue weighted by Gasteiger charge is -2.13. The van der Waals surface area contributed by atoms with E-state index < -0.39 is 0 Å². The maximum absolute atomic E-state index is 9.29. The Bertz CT molecular complexity index is 104. The van der Waals surface area contributed by atoms with Crippen LogP contribution < -0.4 is 5.73 Å². The van der Waals surface area contributed by atoms with Crippen LogP contribution in [0.25, 0.3) is 0 Å². The topological polar surface area (TPSA) is 46.2 Å². The Labute approximate surface area is 69.1 Å². The normalized spacial score (nSPS) is 15.9. The standard InChI is InChI=1S/C9H19NO/c1-3-5-8(10)7-9(11)6-4-2/h4,8-9,11H,2-3,5-7,10H2,1H3/t8-,9-/m0/s1. The highest BCUT2D eigenvalue weighted by atomic mass is 16.3. The fourth-order valence-corrected chi connectivity index (χ4v) is 1.13. The van der Waals surface area contributed by atoms with Gasteiger partial charge >= 0.3 is 0 Å². The largest absolute Gasteiger partial charge is 0.393 e. The van der Waals surface area contributed by atoms with E-state index in [4.69, 9.17) is 5.73 Å². The van der Waals surface area contributed by atoms with E-state index in [2.05, 4.69) is 13.5 Å². The van der Waals surface area contributed by atoms with Gasteiger partial charge in [0, 0.05) is 6.04 Å². The molecule has 0 aliphatic carbocycles. The Morgan fingerprint density at radius 3 is 2.73 bits per heavy atom. The van der Waals surface area contributed by atoms with E-state index in [1.165, 1.54) is 0 Å². The van der Waals surface area contributed by atoms with Crippen molar-refractivity contribution in [3.8, 4) is 0 Å². The molecule has 11 heavy (non-hydrogen) atoms. The first-order chi connectivity index (χ1) is 5.20. The van der Waals surface area contributed by atoms with Gasteiger partial charge in [-0.15, -0.1) is 6.58 Å². The van der Waals surface area contributed by atoms with Crippen molar-refractivity contribution in [1.29, 1.82) is 0 Å². The lowest BCUT2D eigenvalue weighted by Crippen LogP contribution is -2.25. The molecule has 3 N–H and O–H groups in total. The van der Waals surface area contributed by atoms with Crippen LogP contribution in [0.5, 0.6) is 0 Å². The predicted octanol–water partition coefficient (Wildman–Crippen LogP) is 1.44. The van der Waals surface area contributed by atoms with Gasteiger partial charge in [-0.25, -0.2) is 0 Å². The Balaban J connectivity index is 3.39. The molecule has 0 radical (unpaired) electrons. The van der Waals surface area contributed by atoms with Crippen molar-refractivity contribution in [2.75, 3.05) is 0 Å². The van der Waals surface area contributed by atoms with E-state index in [0.29, 0.717) is 12.8 Å². The average molecular weight is 157 g/mol. The Kier molecular flexibility index (Phi) is 6.18. The second-order valence-electron chi connectivity index (χ2n) is 2.96. The zero-order valence-electron chi connectivity index (χ0n) is 7.29. The number of rotatable bonds is 6. The second-order valence-corrected chi connectivity index (χ2v) is 2.96. The lowest BCUT2D eigenvalue weighted by atomic mass is 10.0. The predicted molar refractivity (Wildman–Crippen MR) is 48.3 cm³/mol. The quantitative estimate of drug-likeness (QED) is 0.573. The van der Waals surface area contributed by atoms with Gasteiger partial charge in [-0.3, -0.25) is 0 Å². The summed E-state index contributed by atoms with van der Waals surface area (Å²) in [6.45, 7) is 5.65. The number of aliphatic hydroxyl groups is 1. The monoisotopic (exact) mass is 157 g/mol. The highest BCUT2D eigenvalue weighted by Gasteiger charge is 2.07. The molecule has 0 aromatic rings. The van der Waals surface area contributed by atoms with Crippen molar-refractivity contribution in [1.82, 2.24) is 0 Å². The van der Waals surface area contributed by atoms with E-state index in [1.807, 2.05) is 0 Å². The van der Waals surface area contributed by atoms with Gasteiger partial charge in [0.2, 0.25) is 0 Å². The zero-order chi connectivity index (χ0) is 8.69. The first-order valence-electron chi connectivity index (χ1n) is 4.25. The van der Waals surface area contributed by atoms with Gasteiger partial charge in [0.25, 0.3) is 0 Å². The molecule has 2 atom stereocenters. The number of nitrogens with two attached hydrogens (primary N) is 1. The summed E-state index contributed by atoms with van der Waals surface area (Å²) in [6.07, 6.45) is 4.85. The van der Waals surface area contributed by atoms with Crippen molar-refractivity contribution in [2.24, 2.45) is 5.73 Å². The molecule has 0 rings (SSSR count). The molecular weight excluding hydrogens is 138 g/mol. The molecule has 2 nitrogen and oxygen atoms in total. The fourth-order valence-electron chi connectivity index (χ4n) is 1.13. The van der Waals surface area contributed by atoms with Crippen LogP contribution in [0, 0.1) is 0 Å². The third kappa shape index (κ3) is 6.07. The Morgan fingerprint density at radius 2 is 2.27 bits per heavy atom. The maximum atomic E-state index is 9.29. The summed E-state index contributed by atoms with van der Waals surface area (Å²) in [4.78, 5) is 0. The molecule has 0 unspecified atom stereocenters. The van der Waals surface area contributed by atoms with Gasteiger partial charge in [-0.2, -0.15) is 0 Å². The summed E-state index contributed by atoms with van der Waals surface area (Å²) in [6, 6.07) is 0.148. The summed E-state index contributed by atoms with van der Waals surface area (Å²) in [5.41, 5.74) is 5.72. The molecular formula is C9H19NO. The van der Waals surface area contributed by atoms with Crippen molar-refractivity contribution in [2.45, 2.75) is 44.8 Å². The molecule has 0 fully saturated rings. The van der Waals surface area contributed by atoms with Gasteiger partial charge in [0.15, 0.2) is 0 Å². The third-order valence-corrected chi connectivity index (χ3v) is 1.67. The van der Waals surface area contributed by atoms with Crippen LogP contribution >= 0.6 is 0 Å². The van der Waals surface area contributed by atoms with E-state index in [-0.39, 0.29) is 12.1 Å². The van der Waals surface area contributed by atoms with E-state index >= 15 is 0 Å². The van der Waals surface area contributed by atoms with Crippen LogP contribution in [-0.2, 0) is 0 Å². The number of aliphatic hydroxyl groups excluding tert-OH is 1. The third-order valence-electron chi connectivity index (χ3n) is 1.67. The van der Waals surface area contributed by atoms with Gasteiger partial charge in [-0.1, -0.05) is 19.4 Å². The highest BCUT2D eigenvalue weighted by molar-refractivity contribution is 4.75. The zero-order valence-corrected chi connectivity index (χ0v) is 7.29. The Morgan fingerprint density at radius 1 is 1.64 bits per heavy atom. The Hall–Kier alpha value is -0.340. The highest BCUT2D eigenvalue weighted by Crippen LogP contribution is 2.05. The summed E-state index contributed by atoms with van der Waals surface area (Å²) >= 11 is 0. The molecule has 0 heterocycles. The van der Waals surface area contributed by atoms with Gasteiger partial charge < -0.3 is 10.8 Å². The average Bonchev–Trinajstić information content (AvgIpc) is 1.87. The summed E-state index contributed by atoms with van der Waals surface area (Å²) in [7, 11) is 0. The molecule has 0 spiro atoms. The van der Waals surface area contributed by atoms with Crippen molar-refractivity contribution in [3.63, 3.8) is 0 Å². The van der Waals surface area contributed by atoms with Crippen LogP contribution in [-0.4, -0.2) is 17.3 Å². The van der Waals surface area contributed by atoms with Crippen LogP contribution in [0.3, 0.4) is 0 Å². The van der Waals surface area contributed by atoms with Crippen molar-refractivity contribution in [3.05, 3.63) is 12.7 Å². The first kappa shape index (κ1) is 10.7. The van der Waals surface area contributed by atoms with Crippen LogP contribution in [0.4, 0.5) is 0 Å². The molecule has 0 saturated carbocycles. The van der Waals surface area contributed by atoms with Gasteiger partial charge in [0.1, 0.15) is 0 Å². The first-order valence-corrected chi connectivity index (χ1v) is 4.25. The van der Waals surface area contributed by atoms with Crippen molar-refractivity contribution < 1.29 is 5.11 Å². The molecule has 0 aliphatic heterocycles. The number of hydrogen-bond acceptors (Lipinski definition) is 2. The molecule has 0 aromatic heterocycles.